The van der Waals surface area contributed by atoms with Crippen molar-refractivity contribution >= 4 is 20.3 Å². The molecule has 1 heterocycles. The Labute approximate surface area is 96.1 Å². The second kappa shape index (κ2) is 8.85. The highest BCUT2D eigenvalue weighted by Gasteiger charge is 2.27. The molecule has 0 spiro atoms. The van der Waals surface area contributed by atoms with E-state index in [1.54, 1.807) is 6.92 Å². The van der Waals surface area contributed by atoms with Crippen molar-refractivity contribution in [1.29, 1.82) is 0 Å². The van der Waals surface area contributed by atoms with Gasteiger partial charge < -0.3 is 4.74 Å². The minimum atomic E-state index is -4.41. The van der Waals surface area contributed by atoms with Gasteiger partial charge in [-0.15, -0.1) is 3.89 Å². The fourth-order valence-corrected chi connectivity index (χ4v) is 0.902. The Bertz CT molecular complexity index is 337. The number of rotatable bonds is 3. The molecule has 1 aliphatic rings. The maximum absolute atomic E-state index is 11.4. The van der Waals surface area contributed by atoms with Gasteiger partial charge in [-0.3, -0.25) is 0 Å². The van der Waals surface area contributed by atoms with Gasteiger partial charge in [-0.05, 0) is 6.92 Å². The van der Waals surface area contributed by atoms with Gasteiger partial charge >= 0.3 is 10.2 Å². The summed E-state index contributed by atoms with van der Waals surface area (Å²) in [6.07, 6.45) is 1.25. The molecular weight excluding hydrogens is 263 g/mol. The molecule has 0 aromatic carbocycles. The highest BCUT2D eigenvalue weighted by Crippen LogP contribution is 2.07. The zero-order chi connectivity index (χ0) is 13.2. The van der Waals surface area contributed by atoms with E-state index < -0.39 is 26.3 Å². The van der Waals surface area contributed by atoms with Crippen LogP contribution in [0.4, 0.5) is 3.89 Å². The third-order valence-electron chi connectivity index (χ3n) is 0.739. The Hall–Kier alpha value is -0.250. The quantitative estimate of drug-likeness (QED) is 0.566. The topological polar surface area (TPSA) is 90.0 Å². The van der Waals surface area contributed by atoms with E-state index in [0.29, 0.717) is 0 Å². The van der Waals surface area contributed by atoms with Crippen LogP contribution in [0.3, 0.4) is 0 Å². The van der Waals surface area contributed by atoms with Gasteiger partial charge in [-0.2, -0.15) is 16.8 Å². The Morgan fingerprint density at radius 2 is 1.62 bits per heavy atom. The molecule has 1 fully saturated rings. The minimum absolute atomic E-state index is 0.0764. The SMILES string of the molecule is CCC.CCOCS(=O)(=O)F.O=S1(=O)CO1. The van der Waals surface area contributed by atoms with Crippen LogP contribution >= 0.6 is 0 Å². The maximum Gasteiger partial charge on any atom is 0.326 e. The van der Waals surface area contributed by atoms with E-state index in [-0.39, 0.29) is 12.5 Å². The summed E-state index contributed by atoms with van der Waals surface area (Å²) in [6, 6.07) is 0. The predicted octanol–water partition coefficient (Wildman–Crippen LogP) is 1.000. The molecule has 1 saturated heterocycles. The van der Waals surface area contributed by atoms with Gasteiger partial charge in [0.15, 0.2) is 11.9 Å². The van der Waals surface area contributed by atoms with Gasteiger partial charge in [0.1, 0.15) is 0 Å². The molecule has 0 unspecified atom stereocenters. The Morgan fingerprint density at radius 1 is 1.31 bits per heavy atom. The van der Waals surface area contributed by atoms with Crippen molar-refractivity contribution in [2.24, 2.45) is 0 Å². The Kier molecular flexibility index (Phi) is 10.0. The van der Waals surface area contributed by atoms with Crippen molar-refractivity contribution in [3.63, 3.8) is 0 Å². The minimum Gasteiger partial charge on any atom is -0.363 e. The van der Waals surface area contributed by atoms with Crippen LogP contribution < -0.4 is 0 Å². The van der Waals surface area contributed by atoms with Gasteiger partial charge in [0, 0.05) is 6.61 Å². The van der Waals surface area contributed by atoms with Crippen LogP contribution in [0.1, 0.15) is 27.2 Å². The normalized spacial score (nSPS) is 16.2. The van der Waals surface area contributed by atoms with Crippen LogP contribution in [0.2, 0.25) is 0 Å². The zero-order valence-electron chi connectivity index (χ0n) is 9.47. The summed E-state index contributed by atoms with van der Waals surface area (Å²) in [7, 11) is -7.33. The lowest BCUT2D eigenvalue weighted by atomic mass is 10.6. The van der Waals surface area contributed by atoms with Gasteiger partial charge in [0.25, 0.3) is 10.1 Å². The van der Waals surface area contributed by atoms with E-state index in [0.717, 1.165) is 0 Å². The molecule has 6 nitrogen and oxygen atoms in total. The summed E-state index contributed by atoms with van der Waals surface area (Å²) in [5, 5.41) is 0. The smallest absolute Gasteiger partial charge is 0.326 e. The fraction of sp³-hybridized carbons (Fsp3) is 1.00. The highest BCUT2D eigenvalue weighted by atomic mass is 32.3. The summed E-state index contributed by atoms with van der Waals surface area (Å²) >= 11 is 0. The van der Waals surface area contributed by atoms with E-state index in [1.807, 2.05) is 0 Å². The molecule has 1 rings (SSSR count). The zero-order valence-corrected chi connectivity index (χ0v) is 11.1. The molecule has 9 heteroatoms. The lowest BCUT2D eigenvalue weighted by Crippen LogP contribution is -2.02. The number of halogens is 1. The third-order valence-corrected chi connectivity index (χ3v) is 1.81. The van der Waals surface area contributed by atoms with E-state index in [1.165, 1.54) is 6.42 Å². The molecule has 0 aromatic heterocycles. The number of hydrogen-bond acceptors (Lipinski definition) is 6. The van der Waals surface area contributed by atoms with Crippen molar-refractivity contribution < 1.29 is 29.6 Å². The molecule has 0 saturated carbocycles. The summed E-state index contributed by atoms with van der Waals surface area (Å²) in [6.45, 7) is 6.05. The van der Waals surface area contributed by atoms with E-state index in [9.17, 15) is 20.7 Å². The summed E-state index contributed by atoms with van der Waals surface area (Å²) < 4.78 is 57.8. The molecular formula is C7H17FO6S2. The predicted molar refractivity (Wildman–Crippen MR) is 57.4 cm³/mol. The van der Waals surface area contributed by atoms with Crippen LogP contribution in [0.5, 0.6) is 0 Å². The molecule has 16 heavy (non-hydrogen) atoms. The molecule has 0 bridgehead atoms. The van der Waals surface area contributed by atoms with Crippen LogP contribution in [-0.4, -0.2) is 35.3 Å². The van der Waals surface area contributed by atoms with E-state index in [2.05, 4.69) is 22.8 Å². The molecule has 1 aliphatic heterocycles. The van der Waals surface area contributed by atoms with Gasteiger partial charge in [-0.1, -0.05) is 20.3 Å². The maximum atomic E-state index is 11.4. The summed E-state index contributed by atoms with van der Waals surface area (Å²) in [5.74, 6) is -0.906. The van der Waals surface area contributed by atoms with Crippen molar-refractivity contribution in [1.82, 2.24) is 0 Å². The van der Waals surface area contributed by atoms with Crippen molar-refractivity contribution in [2.75, 3.05) is 18.5 Å². The van der Waals surface area contributed by atoms with Crippen LogP contribution in [0.25, 0.3) is 0 Å². The average Bonchev–Trinajstić information content (AvgIpc) is 2.79. The lowest BCUT2D eigenvalue weighted by molar-refractivity contribution is 0.189. The van der Waals surface area contributed by atoms with E-state index in [4.69, 9.17) is 0 Å². The van der Waals surface area contributed by atoms with Crippen molar-refractivity contribution in [2.45, 2.75) is 27.2 Å². The molecule has 0 N–H and O–H groups in total. The molecule has 0 atom stereocenters. The van der Waals surface area contributed by atoms with Gasteiger partial charge in [0.05, 0.1) is 0 Å². The molecule has 0 aromatic rings. The average molecular weight is 280 g/mol. The standard InChI is InChI=1S/C3H7FO3S.C3H8.CH2O3S/c1-2-7-3-8(4,5)6;1-3-2;2-5(3)1-4-5/h2-3H2,1H3;3H2,1-2H3;1H2. The molecule has 0 aliphatic carbocycles. The van der Waals surface area contributed by atoms with Gasteiger partial charge in [0.2, 0.25) is 0 Å². The lowest BCUT2D eigenvalue weighted by Gasteiger charge is -1.91. The summed E-state index contributed by atoms with van der Waals surface area (Å²) in [5.41, 5.74) is 0. The number of ether oxygens (including phenoxy) is 1. The monoisotopic (exact) mass is 280 g/mol. The Morgan fingerprint density at radius 3 is 1.69 bits per heavy atom. The first-order valence-corrected chi connectivity index (χ1v) is 7.68. The first-order valence-electron chi connectivity index (χ1n) is 4.55. The van der Waals surface area contributed by atoms with Gasteiger partial charge in [-0.25, -0.2) is 4.18 Å². The number of hydrogen-bond donors (Lipinski definition) is 0. The molecule has 0 amide bonds. The second-order valence-corrected chi connectivity index (χ2v) is 5.55. The van der Waals surface area contributed by atoms with Crippen LogP contribution in [0.15, 0.2) is 0 Å². The highest BCUT2D eigenvalue weighted by molar-refractivity contribution is 7.91. The first kappa shape index (κ1) is 18.1. The van der Waals surface area contributed by atoms with Crippen molar-refractivity contribution in [3.8, 4) is 0 Å². The first-order chi connectivity index (χ1) is 7.18. The van der Waals surface area contributed by atoms with Crippen LogP contribution in [0, 0.1) is 0 Å². The molecule has 100 valence electrons. The Balaban J connectivity index is 0. The molecule has 0 radical (unpaired) electrons. The summed E-state index contributed by atoms with van der Waals surface area (Å²) in [4.78, 5) is 0. The van der Waals surface area contributed by atoms with E-state index >= 15 is 0 Å². The second-order valence-electron chi connectivity index (χ2n) is 2.65. The van der Waals surface area contributed by atoms with Crippen molar-refractivity contribution in [3.05, 3.63) is 0 Å². The third kappa shape index (κ3) is 23.5. The largest absolute Gasteiger partial charge is 0.363 e. The fourth-order valence-electron chi connectivity index (χ4n) is 0.222. The van der Waals surface area contributed by atoms with Crippen LogP contribution in [-0.2, 0) is 29.3 Å².